The Kier molecular flexibility index (Phi) is 3.26. The van der Waals surface area contributed by atoms with Gasteiger partial charge in [-0.2, -0.15) is 0 Å². The highest BCUT2D eigenvalue weighted by Gasteiger charge is 2.06. The molecule has 0 saturated heterocycles. The number of nitrogen functional groups attached to an aromatic ring is 1. The number of aromatic nitrogens is 2. The Labute approximate surface area is 106 Å². The maximum Gasteiger partial charge on any atom is 0.321 e. The number of halogens is 2. The molecule has 0 aliphatic carbocycles. The van der Waals surface area contributed by atoms with E-state index >= 15 is 0 Å². The summed E-state index contributed by atoms with van der Waals surface area (Å²) >= 11 is 8.98. The van der Waals surface area contributed by atoms with Gasteiger partial charge in [0.1, 0.15) is 5.75 Å². The Morgan fingerprint density at radius 3 is 2.62 bits per heavy atom. The molecule has 2 rings (SSSR count). The lowest BCUT2D eigenvalue weighted by atomic mass is 10.3. The number of ether oxygens (including phenoxy) is 1. The fraction of sp³-hybridized carbons (Fsp3) is 0. The summed E-state index contributed by atoms with van der Waals surface area (Å²) in [5.41, 5.74) is 6.30. The Morgan fingerprint density at radius 1 is 1.25 bits per heavy atom. The third kappa shape index (κ3) is 2.43. The second-order valence-corrected chi connectivity index (χ2v) is 4.17. The maximum atomic E-state index is 5.71. The van der Waals surface area contributed by atoms with E-state index in [0.717, 1.165) is 0 Å². The molecule has 1 aromatic heterocycles. The number of rotatable bonds is 2. The largest absolute Gasteiger partial charge is 0.423 e. The van der Waals surface area contributed by atoms with Crippen LogP contribution in [0.15, 0.2) is 35.1 Å². The molecule has 82 valence electrons. The van der Waals surface area contributed by atoms with Crippen LogP contribution in [0.4, 0.5) is 5.69 Å². The first-order valence-electron chi connectivity index (χ1n) is 4.36. The van der Waals surface area contributed by atoms with Crippen LogP contribution in [-0.4, -0.2) is 9.97 Å². The molecule has 2 N–H and O–H groups in total. The van der Waals surface area contributed by atoms with Crippen molar-refractivity contribution >= 4 is 33.2 Å². The van der Waals surface area contributed by atoms with E-state index in [1.165, 1.54) is 12.4 Å². The van der Waals surface area contributed by atoms with Gasteiger partial charge in [-0.25, -0.2) is 9.97 Å². The minimum absolute atomic E-state index is 0.218. The fourth-order valence-electron chi connectivity index (χ4n) is 1.06. The molecule has 0 amide bonds. The first-order valence-corrected chi connectivity index (χ1v) is 5.53. The van der Waals surface area contributed by atoms with Crippen molar-refractivity contribution in [2.75, 3.05) is 5.73 Å². The summed E-state index contributed by atoms with van der Waals surface area (Å²) < 4.78 is 6.11. The quantitative estimate of drug-likeness (QED) is 0.865. The van der Waals surface area contributed by atoms with E-state index in [2.05, 4.69) is 25.9 Å². The van der Waals surface area contributed by atoms with Gasteiger partial charge in [0.05, 0.1) is 21.9 Å². The van der Waals surface area contributed by atoms with Crippen LogP contribution in [0.3, 0.4) is 0 Å². The number of nitrogens with zero attached hydrogens (tertiary/aromatic N) is 2. The van der Waals surface area contributed by atoms with Crippen molar-refractivity contribution < 1.29 is 4.74 Å². The van der Waals surface area contributed by atoms with Gasteiger partial charge in [0.2, 0.25) is 0 Å². The maximum absolute atomic E-state index is 5.71. The van der Waals surface area contributed by atoms with Crippen LogP contribution in [-0.2, 0) is 0 Å². The Bertz CT molecular complexity index is 504. The zero-order valence-corrected chi connectivity index (χ0v) is 10.4. The molecule has 0 spiro atoms. The Hall–Kier alpha value is -1.33. The van der Waals surface area contributed by atoms with Gasteiger partial charge in [-0.1, -0.05) is 17.7 Å². The Morgan fingerprint density at radius 2 is 1.94 bits per heavy atom. The molecule has 0 radical (unpaired) electrons. The lowest BCUT2D eigenvalue weighted by Crippen LogP contribution is -1.94. The molecule has 0 atom stereocenters. The summed E-state index contributed by atoms with van der Waals surface area (Å²) in [6.45, 7) is 0. The van der Waals surface area contributed by atoms with E-state index in [0.29, 0.717) is 20.9 Å². The summed E-state index contributed by atoms with van der Waals surface area (Å²) in [4.78, 5) is 7.83. The molecule has 6 heteroatoms. The highest BCUT2D eigenvalue weighted by Crippen LogP contribution is 2.32. The van der Waals surface area contributed by atoms with Crippen LogP contribution < -0.4 is 10.5 Å². The average molecular weight is 301 g/mol. The van der Waals surface area contributed by atoms with Gasteiger partial charge < -0.3 is 10.5 Å². The minimum Gasteiger partial charge on any atom is -0.423 e. The first kappa shape index (κ1) is 11.2. The number of hydrogen-bond donors (Lipinski definition) is 1. The van der Waals surface area contributed by atoms with E-state index < -0.39 is 0 Å². The van der Waals surface area contributed by atoms with E-state index in [-0.39, 0.29) is 6.01 Å². The van der Waals surface area contributed by atoms with E-state index in [9.17, 15) is 0 Å². The number of nitrogens with two attached hydrogens (primary N) is 1. The lowest BCUT2D eigenvalue weighted by molar-refractivity contribution is 0.439. The van der Waals surface area contributed by atoms with Crippen molar-refractivity contribution in [1.82, 2.24) is 9.97 Å². The molecule has 4 nitrogen and oxygen atoms in total. The highest BCUT2D eigenvalue weighted by atomic mass is 79.9. The summed E-state index contributed by atoms with van der Waals surface area (Å²) in [5.74, 6) is 0.558. The second-order valence-electron chi connectivity index (χ2n) is 2.95. The van der Waals surface area contributed by atoms with E-state index in [1.54, 1.807) is 18.2 Å². The molecular weight excluding hydrogens is 293 g/mol. The first-order chi connectivity index (χ1) is 7.66. The van der Waals surface area contributed by atoms with Crippen LogP contribution in [0.5, 0.6) is 11.8 Å². The molecule has 0 bridgehead atoms. The van der Waals surface area contributed by atoms with Crippen molar-refractivity contribution in [2.45, 2.75) is 0 Å². The zero-order chi connectivity index (χ0) is 11.5. The monoisotopic (exact) mass is 299 g/mol. The summed E-state index contributed by atoms with van der Waals surface area (Å²) in [6, 6.07) is 5.53. The molecular formula is C10H7BrClN3O. The normalized spacial score (nSPS) is 10.1. The summed E-state index contributed by atoms with van der Waals surface area (Å²) in [6.07, 6.45) is 2.92. The van der Waals surface area contributed by atoms with Crippen molar-refractivity contribution in [2.24, 2.45) is 0 Å². The van der Waals surface area contributed by atoms with Gasteiger partial charge in [-0.15, -0.1) is 0 Å². The van der Waals surface area contributed by atoms with Crippen LogP contribution in [0.1, 0.15) is 0 Å². The van der Waals surface area contributed by atoms with E-state index in [1.807, 2.05) is 0 Å². The van der Waals surface area contributed by atoms with Crippen molar-refractivity contribution in [1.29, 1.82) is 0 Å². The molecule has 16 heavy (non-hydrogen) atoms. The van der Waals surface area contributed by atoms with Gasteiger partial charge in [0.15, 0.2) is 0 Å². The van der Waals surface area contributed by atoms with Gasteiger partial charge in [-0.05, 0) is 28.1 Å². The van der Waals surface area contributed by atoms with Gasteiger partial charge in [0, 0.05) is 5.69 Å². The second kappa shape index (κ2) is 4.67. The molecule has 0 saturated carbocycles. The number of hydrogen-bond acceptors (Lipinski definition) is 4. The molecule has 2 aromatic rings. The van der Waals surface area contributed by atoms with Crippen molar-refractivity contribution in [3.8, 4) is 11.8 Å². The van der Waals surface area contributed by atoms with Crippen LogP contribution in [0, 0.1) is 0 Å². The predicted molar refractivity (Wildman–Crippen MR) is 65.7 cm³/mol. The SMILES string of the molecule is Nc1cccc(Oc2ncc(Cl)cn2)c1Br. The zero-order valence-electron chi connectivity index (χ0n) is 8.02. The van der Waals surface area contributed by atoms with Gasteiger partial charge in [0.25, 0.3) is 0 Å². The molecule has 0 aliphatic rings. The third-order valence-electron chi connectivity index (χ3n) is 1.79. The molecule has 0 fully saturated rings. The minimum atomic E-state index is 0.218. The average Bonchev–Trinajstić information content (AvgIpc) is 2.28. The van der Waals surface area contributed by atoms with Crippen molar-refractivity contribution in [3.63, 3.8) is 0 Å². The van der Waals surface area contributed by atoms with Crippen molar-refractivity contribution in [3.05, 3.63) is 40.1 Å². The van der Waals surface area contributed by atoms with Crippen LogP contribution in [0.2, 0.25) is 5.02 Å². The topological polar surface area (TPSA) is 61.0 Å². The van der Waals surface area contributed by atoms with Gasteiger partial charge in [-0.3, -0.25) is 0 Å². The molecule has 1 aromatic carbocycles. The smallest absolute Gasteiger partial charge is 0.321 e. The standard InChI is InChI=1S/C10H7BrClN3O/c11-9-7(13)2-1-3-8(9)16-10-14-4-6(12)5-15-10/h1-5H,13H2. The molecule has 0 aliphatic heterocycles. The lowest BCUT2D eigenvalue weighted by Gasteiger charge is -2.06. The summed E-state index contributed by atoms with van der Waals surface area (Å²) in [7, 11) is 0. The number of anilines is 1. The summed E-state index contributed by atoms with van der Waals surface area (Å²) in [5, 5.41) is 0.457. The molecule has 1 heterocycles. The third-order valence-corrected chi connectivity index (χ3v) is 2.83. The van der Waals surface area contributed by atoms with Crippen LogP contribution in [0.25, 0.3) is 0 Å². The molecule has 0 unspecified atom stereocenters. The number of benzene rings is 1. The van der Waals surface area contributed by atoms with E-state index in [4.69, 9.17) is 22.1 Å². The Balaban J connectivity index is 2.27. The van der Waals surface area contributed by atoms with Gasteiger partial charge >= 0.3 is 6.01 Å². The van der Waals surface area contributed by atoms with Crippen LogP contribution >= 0.6 is 27.5 Å². The fourth-order valence-corrected chi connectivity index (χ4v) is 1.50. The predicted octanol–water partition coefficient (Wildman–Crippen LogP) is 3.27. The highest BCUT2D eigenvalue weighted by molar-refractivity contribution is 9.10.